The third kappa shape index (κ3) is 3.86. The van der Waals surface area contributed by atoms with Crippen molar-refractivity contribution >= 4 is 27.9 Å². The van der Waals surface area contributed by atoms with Crippen molar-refractivity contribution in [3.05, 3.63) is 95.6 Å². The lowest BCUT2D eigenvalue weighted by atomic mass is 9.85. The molecule has 0 unspecified atom stereocenters. The zero-order valence-electron chi connectivity index (χ0n) is 19.3. The highest BCUT2D eigenvalue weighted by Gasteiger charge is 2.27. The highest BCUT2D eigenvalue weighted by molar-refractivity contribution is 6.11. The molecule has 0 bridgehead atoms. The van der Waals surface area contributed by atoms with Crippen LogP contribution in [-0.4, -0.2) is 26.8 Å². The van der Waals surface area contributed by atoms with Crippen LogP contribution in [0.5, 0.6) is 23.0 Å². The first-order valence-electron chi connectivity index (χ1n) is 11.0. The van der Waals surface area contributed by atoms with Gasteiger partial charge in [-0.1, -0.05) is 48.5 Å². The van der Waals surface area contributed by atoms with E-state index < -0.39 is 0 Å². The van der Waals surface area contributed by atoms with E-state index in [9.17, 15) is 4.79 Å². The summed E-state index contributed by atoms with van der Waals surface area (Å²) in [5.41, 5.74) is 5.19. The van der Waals surface area contributed by atoms with Gasteiger partial charge in [0.05, 0.1) is 14.2 Å². The van der Waals surface area contributed by atoms with Gasteiger partial charge in [0.25, 0.3) is 0 Å². The molecule has 0 amide bonds. The van der Waals surface area contributed by atoms with Gasteiger partial charge >= 0.3 is 5.97 Å². The highest BCUT2D eigenvalue weighted by atomic mass is 16.5. The molecule has 0 N–H and O–H groups in total. The number of esters is 1. The van der Waals surface area contributed by atoms with E-state index in [1.807, 2.05) is 66.7 Å². The normalized spacial score (nSPS) is 12.7. The van der Waals surface area contributed by atoms with Crippen molar-refractivity contribution in [2.75, 3.05) is 20.8 Å². The zero-order chi connectivity index (χ0) is 23.7. The lowest BCUT2D eigenvalue weighted by molar-refractivity contribution is -0.131. The molecule has 0 aromatic heterocycles. The molecule has 4 aromatic carbocycles. The van der Waals surface area contributed by atoms with Crippen LogP contribution in [-0.2, 0) is 4.79 Å². The maximum atomic E-state index is 11.8. The molecule has 0 saturated carbocycles. The van der Waals surface area contributed by atoms with Crippen LogP contribution in [0.3, 0.4) is 0 Å². The smallest absolute Gasteiger partial charge is 0.308 e. The Hall–Kier alpha value is -4.25. The summed E-state index contributed by atoms with van der Waals surface area (Å²) in [4.78, 5) is 11.8. The maximum absolute atomic E-state index is 11.8. The van der Waals surface area contributed by atoms with E-state index in [1.165, 1.54) is 6.92 Å². The molecule has 5 rings (SSSR count). The second-order valence-corrected chi connectivity index (χ2v) is 7.99. The molecule has 0 spiro atoms. The number of carbonyl (C=O) groups excluding carboxylic acids is 1. The van der Waals surface area contributed by atoms with E-state index in [0.29, 0.717) is 18.1 Å². The number of rotatable bonds is 5. The van der Waals surface area contributed by atoms with Crippen LogP contribution in [0.25, 0.3) is 21.9 Å². The number of carbonyl (C=O) groups is 1. The Morgan fingerprint density at radius 3 is 1.97 bits per heavy atom. The number of fused-ring (bicyclic) bond motifs is 3. The molecule has 1 aliphatic rings. The molecule has 0 atom stereocenters. The summed E-state index contributed by atoms with van der Waals surface area (Å²) in [6.45, 7) is 1.78. The van der Waals surface area contributed by atoms with Gasteiger partial charge in [0.2, 0.25) is 0 Å². The molecule has 5 nitrogen and oxygen atoms in total. The Labute approximate surface area is 198 Å². The van der Waals surface area contributed by atoms with Crippen LogP contribution in [0.1, 0.15) is 23.6 Å². The fourth-order valence-corrected chi connectivity index (χ4v) is 4.40. The minimum absolute atomic E-state index is 0.370. The first-order chi connectivity index (χ1) is 16.6. The molecular formula is C29H24O5. The maximum Gasteiger partial charge on any atom is 0.308 e. The Kier molecular flexibility index (Phi) is 5.68. The van der Waals surface area contributed by atoms with Crippen LogP contribution in [0, 0.1) is 0 Å². The minimum atomic E-state index is -0.370. The molecule has 0 radical (unpaired) electrons. The van der Waals surface area contributed by atoms with Crippen molar-refractivity contribution < 1.29 is 23.7 Å². The Bertz CT molecular complexity index is 1400. The van der Waals surface area contributed by atoms with E-state index in [0.717, 1.165) is 50.1 Å². The predicted molar refractivity (Wildman–Crippen MR) is 133 cm³/mol. The van der Waals surface area contributed by atoms with Gasteiger partial charge in [-0.3, -0.25) is 4.79 Å². The standard InChI is InChI=1S/C29H24O5/c1-18(30)34-26-16-27-29(24-7-5-4-6-23(24)26)28(20-10-14-22(32-3)15-11-20)25(17-33-27)19-8-12-21(31-2)13-9-19/h4-16H,17H2,1-3H3. The Morgan fingerprint density at radius 1 is 0.794 bits per heavy atom. The molecule has 170 valence electrons. The van der Waals surface area contributed by atoms with Crippen molar-refractivity contribution in [1.82, 2.24) is 0 Å². The molecule has 34 heavy (non-hydrogen) atoms. The van der Waals surface area contributed by atoms with Crippen molar-refractivity contribution in [3.63, 3.8) is 0 Å². The van der Waals surface area contributed by atoms with E-state index in [2.05, 4.69) is 12.1 Å². The summed E-state index contributed by atoms with van der Waals surface area (Å²) >= 11 is 0. The van der Waals surface area contributed by atoms with E-state index in [1.54, 1.807) is 14.2 Å². The quantitative estimate of drug-likeness (QED) is 0.269. The van der Waals surface area contributed by atoms with Gasteiger partial charge in [0, 0.05) is 35.1 Å². The third-order valence-corrected chi connectivity index (χ3v) is 5.97. The van der Waals surface area contributed by atoms with Crippen LogP contribution in [0.2, 0.25) is 0 Å². The van der Waals surface area contributed by atoms with Crippen LogP contribution < -0.4 is 18.9 Å². The van der Waals surface area contributed by atoms with Gasteiger partial charge in [0.1, 0.15) is 29.6 Å². The van der Waals surface area contributed by atoms with Crippen LogP contribution in [0.15, 0.2) is 78.9 Å². The molecule has 4 aromatic rings. The number of methoxy groups -OCH3 is 2. The van der Waals surface area contributed by atoms with Gasteiger partial charge in [-0.2, -0.15) is 0 Å². The highest BCUT2D eigenvalue weighted by Crippen LogP contribution is 2.47. The second-order valence-electron chi connectivity index (χ2n) is 7.99. The van der Waals surface area contributed by atoms with E-state index in [4.69, 9.17) is 18.9 Å². The number of ether oxygens (including phenoxy) is 4. The number of benzene rings is 4. The molecule has 0 aliphatic carbocycles. The van der Waals surface area contributed by atoms with Gasteiger partial charge in [0.15, 0.2) is 0 Å². The van der Waals surface area contributed by atoms with Gasteiger partial charge in [-0.25, -0.2) is 0 Å². The van der Waals surface area contributed by atoms with Gasteiger partial charge < -0.3 is 18.9 Å². The van der Waals surface area contributed by atoms with E-state index in [-0.39, 0.29) is 5.97 Å². The van der Waals surface area contributed by atoms with Gasteiger partial charge in [-0.05, 0) is 40.8 Å². The predicted octanol–water partition coefficient (Wildman–Crippen LogP) is 6.13. The van der Waals surface area contributed by atoms with Crippen molar-refractivity contribution in [2.24, 2.45) is 0 Å². The second kappa shape index (κ2) is 8.94. The average molecular weight is 453 g/mol. The SMILES string of the molecule is COc1ccc(C2=C(c3ccc(OC)cc3)c3c(cc(OC(C)=O)c4ccccc34)OC2)cc1. The summed E-state index contributed by atoms with van der Waals surface area (Å²) in [7, 11) is 3.31. The third-order valence-electron chi connectivity index (χ3n) is 5.97. The number of hydrogen-bond acceptors (Lipinski definition) is 5. The molecule has 0 saturated heterocycles. The fourth-order valence-electron chi connectivity index (χ4n) is 4.40. The summed E-state index contributed by atoms with van der Waals surface area (Å²) in [6, 6.07) is 25.7. The van der Waals surface area contributed by atoms with Crippen LogP contribution >= 0.6 is 0 Å². The summed E-state index contributed by atoms with van der Waals surface area (Å²) in [5.74, 6) is 2.38. The van der Waals surface area contributed by atoms with Crippen LogP contribution in [0.4, 0.5) is 0 Å². The lowest BCUT2D eigenvalue weighted by Gasteiger charge is -2.27. The zero-order valence-corrected chi connectivity index (χ0v) is 19.3. The summed E-state index contributed by atoms with van der Waals surface area (Å²) < 4.78 is 22.5. The largest absolute Gasteiger partial charge is 0.497 e. The topological polar surface area (TPSA) is 54.0 Å². The lowest BCUT2D eigenvalue weighted by Crippen LogP contribution is -2.13. The summed E-state index contributed by atoms with van der Waals surface area (Å²) in [5, 5.41) is 1.80. The molecule has 1 heterocycles. The molecule has 1 aliphatic heterocycles. The van der Waals surface area contributed by atoms with Gasteiger partial charge in [-0.15, -0.1) is 0 Å². The molecule has 5 heteroatoms. The van der Waals surface area contributed by atoms with E-state index >= 15 is 0 Å². The van der Waals surface area contributed by atoms with Crippen molar-refractivity contribution in [3.8, 4) is 23.0 Å². The monoisotopic (exact) mass is 452 g/mol. The average Bonchev–Trinajstić information content (AvgIpc) is 2.88. The number of hydrogen-bond donors (Lipinski definition) is 0. The first kappa shape index (κ1) is 21.6. The molecule has 0 fully saturated rings. The first-order valence-corrected chi connectivity index (χ1v) is 11.0. The Morgan fingerprint density at radius 2 is 1.38 bits per heavy atom. The summed E-state index contributed by atoms with van der Waals surface area (Å²) in [6.07, 6.45) is 0. The van der Waals surface area contributed by atoms with Crippen molar-refractivity contribution in [1.29, 1.82) is 0 Å². The fraction of sp³-hybridized carbons (Fsp3) is 0.138. The van der Waals surface area contributed by atoms with Crippen molar-refractivity contribution in [2.45, 2.75) is 6.92 Å². The molecular weight excluding hydrogens is 428 g/mol. The minimum Gasteiger partial charge on any atom is -0.497 e. The Balaban J connectivity index is 1.81.